The fourth-order valence-corrected chi connectivity index (χ4v) is 18.8. The second-order valence-corrected chi connectivity index (χ2v) is 32.1. The molecule has 10 nitrogen and oxygen atoms in total. The fraction of sp³-hybridized carbons (Fsp3) is 0. The summed E-state index contributed by atoms with van der Waals surface area (Å²) in [6.45, 7) is 0. The van der Waals surface area contributed by atoms with Gasteiger partial charge in [-0.25, -0.2) is 19.9 Å². The number of aromatic nitrogens is 10. The Hall–Kier alpha value is -17.1. The number of benzene rings is 17. The molecule has 0 atom stereocenters. The highest BCUT2D eigenvalue weighted by Gasteiger charge is 2.24. The molecule has 0 saturated heterocycles. The lowest BCUT2D eigenvalue weighted by molar-refractivity contribution is 1.05. The highest BCUT2D eigenvalue weighted by Crippen LogP contribution is 2.44. The predicted molar refractivity (Wildman–Crippen MR) is 521 cm³/mol. The second kappa shape index (κ2) is 30.6. The van der Waals surface area contributed by atoms with Gasteiger partial charge in [-0.3, -0.25) is 14.5 Å². The van der Waals surface area contributed by atoms with E-state index in [1.807, 2.05) is 36.8 Å². The van der Waals surface area contributed by atoms with E-state index in [-0.39, 0.29) is 0 Å². The molecule has 0 amide bonds. The van der Waals surface area contributed by atoms with E-state index >= 15 is 0 Å². The maximum absolute atomic E-state index is 5.38. The van der Waals surface area contributed by atoms with Crippen LogP contribution in [-0.4, -0.2) is 48.2 Å². The van der Waals surface area contributed by atoms with Crippen LogP contribution < -0.4 is 0 Å². The van der Waals surface area contributed by atoms with Gasteiger partial charge in [-0.15, -0.1) is 0 Å². The largest absolute Gasteiger partial charge is 0.309 e. The van der Waals surface area contributed by atoms with Gasteiger partial charge in [-0.05, 0) is 183 Å². The van der Waals surface area contributed by atoms with E-state index in [1.165, 1.54) is 66.0 Å². The molecule has 0 unspecified atom stereocenters. The molecule has 10 heteroatoms. The summed E-state index contributed by atoms with van der Waals surface area (Å²) in [5.74, 6) is 2.19. The molecule has 0 radical (unpaired) electrons. The minimum absolute atomic E-state index is 0.680. The molecule has 0 N–H and O–H groups in total. The minimum atomic E-state index is 0.680. The Labute approximate surface area is 725 Å². The number of nitrogens with zero attached hydrogens (tertiary/aromatic N) is 10. The summed E-state index contributed by atoms with van der Waals surface area (Å²) in [6, 6.07) is 153. The molecule has 588 valence electrons. The van der Waals surface area contributed by atoms with Gasteiger partial charge in [0.05, 0.1) is 66.7 Å². The standard InChI is InChI=1S/C60H38N6.C56H36N4/c1-4-15-39(16-5-1)44-31-45(40-17-6-2-7-18-40)33-46(32-44)65-57-29-30-61-37-51(57)52-38-62-53(35-58(52)65)43-27-28-56-50(34-43)48-24-12-13-26-55(48)66(56)59-36-54(42-20-8-3-9-21-42)63-60(64-59)49-25-14-22-41-19-10-11-23-47(41)49;1-3-13-37(14-4-1)38-23-25-39(26-24-38)55-47-19-7-10-20-50(47)57-56(58-55)40-27-31-44(32-28-40)60-52-22-12-9-18-46(52)49-36-42(30-34-54(49)60)41-29-33-53-48(35-41)45-17-8-11-21-51(45)59(53)43-15-5-2-6-16-43/h1-38H;1-36H. The van der Waals surface area contributed by atoms with E-state index in [2.05, 4.69) is 436 Å². The maximum Gasteiger partial charge on any atom is 0.162 e. The first kappa shape index (κ1) is 72.9. The van der Waals surface area contributed by atoms with Crippen LogP contribution in [0, 0.1) is 0 Å². The molecule has 8 aromatic heterocycles. The normalized spacial score (nSPS) is 11.7. The average Bonchev–Trinajstić information content (AvgIpc) is 1.58. The van der Waals surface area contributed by atoms with Gasteiger partial charge in [0.15, 0.2) is 11.6 Å². The van der Waals surface area contributed by atoms with E-state index in [1.54, 1.807) is 0 Å². The van der Waals surface area contributed by atoms with Crippen molar-refractivity contribution in [2.24, 2.45) is 0 Å². The average molecular weight is 1610 g/mol. The Morgan fingerprint density at radius 3 is 1.25 bits per heavy atom. The highest BCUT2D eigenvalue weighted by atomic mass is 15.1. The van der Waals surface area contributed by atoms with Crippen LogP contribution in [0.1, 0.15) is 0 Å². The molecule has 25 aromatic rings. The quantitative estimate of drug-likeness (QED) is 0.114. The zero-order valence-corrected chi connectivity index (χ0v) is 68.2. The number of fused-ring (bicyclic) bond motifs is 14. The fourth-order valence-electron chi connectivity index (χ4n) is 18.8. The van der Waals surface area contributed by atoms with E-state index in [0.29, 0.717) is 11.6 Å². The van der Waals surface area contributed by atoms with Crippen molar-refractivity contribution in [2.45, 2.75) is 0 Å². The summed E-state index contributed by atoms with van der Waals surface area (Å²) >= 11 is 0. The van der Waals surface area contributed by atoms with Crippen molar-refractivity contribution >= 4 is 109 Å². The van der Waals surface area contributed by atoms with Crippen LogP contribution in [-0.2, 0) is 0 Å². The molecule has 0 aliphatic carbocycles. The molecule has 0 aliphatic rings. The Bertz CT molecular complexity index is 8490. The maximum atomic E-state index is 5.38. The number of hydrogen-bond donors (Lipinski definition) is 0. The van der Waals surface area contributed by atoms with E-state index < -0.39 is 0 Å². The van der Waals surface area contributed by atoms with Crippen molar-refractivity contribution in [1.29, 1.82) is 0 Å². The smallest absolute Gasteiger partial charge is 0.162 e. The van der Waals surface area contributed by atoms with Crippen molar-refractivity contribution in [2.75, 3.05) is 0 Å². The van der Waals surface area contributed by atoms with Gasteiger partial charge >= 0.3 is 0 Å². The van der Waals surface area contributed by atoms with Crippen molar-refractivity contribution in [3.63, 3.8) is 0 Å². The monoisotopic (exact) mass is 1610 g/mol. The topological polar surface area (TPSA) is 97.1 Å². The molecule has 0 fully saturated rings. The third-order valence-corrected chi connectivity index (χ3v) is 24.8. The molecule has 8 heterocycles. The van der Waals surface area contributed by atoms with Crippen molar-refractivity contribution in [1.82, 2.24) is 48.2 Å². The Morgan fingerprint density at radius 1 is 0.190 bits per heavy atom. The summed E-state index contributed by atoms with van der Waals surface area (Å²) in [5, 5.41) is 12.6. The lowest BCUT2D eigenvalue weighted by Crippen LogP contribution is -2.02. The lowest BCUT2D eigenvalue weighted by Gasteiger charge is -2.14. The van der Waals surface area contributed by atoms with Gasteiger partial charge in [0.2, 0.25) is 0 Å². The molecule has 0 spiro atoms. The van der Waals surface area contributed by atoms with Crippen molar-refractivity contribution in [3.05, 3.63) is 449 Å². The summed E-state index contributed by atoms with van der Waals surface area (Å²) in [7, 11) is 0. The molecule has 126 heavy (non-hydrogen) atoms. The van der Waals surface area contributed by atoms with E-state index in [9.17, 15) is 0 Å². The molecule has 0 aliphatic heterocycles. The third-order valence-electron chi connectivity index (χ3n) is 24.8. The van der Waals surface area contributed by atoms with Crippen LogP contribution in [0.5, 0.6) is 0 Å². The van der Waals surface area contributed by atoms with Gasteiger partial charge < -0.3 is 13.7 Å². The first-order valence-corrected chi connectivity index (χ1v) is 42.6. The van der Waals surface area contributed by atoms with Crippen molar-refractivity contribution in [3.8, 4) is 124 Å². The highest BCUT2D eigenvalue weighted by molar-refractivity contribution is 6.15. The molecular formula is C116H74N10. The van der Waals surface area contributed by atoms with Gasteiger partial charge in [0.1, 0.15) is 5.82 Å². The predicted octanol–water partition coefficient (Wildman–Crippen LogP) is 29.4. The zero-order chi connectivity index (χ0) is 83.1. The SMILES string of the molecule is c1ccc(-c2cc(-c3ccccc3)cc(-n3c4ccncc4c4cnc(-c5ccc6c(c5)c5ccccc5n6-c5cc(-c6ccccc6)nc(-c6cccc7ccccc67)n5)cc43)c2)cc1.c1ccc(-c2ccc(-c3nc(-c4ccc(-n5c6ccccc6c6cc(-c7ccc8c(c7)c7ccccc7n8-c7ccccc7)ccc65)cc4)nc4ccccc34)cc2)cc1. The van der Waals surface area contributed by atoms with Gasteiger partial charge in [0, 0.05) is 118 Å². The minimum Gasteiger partial charge on any atom is -0.309 e. The van der Waals surface area contributed by atoms with Crippen LogP contribution in [0.15, 0.2) is 449 Å². The lowest BCUT2D eigenvalue weighted by atomic mass is 9.98. The van der Waals surface area contributed by atoms with Crippen LogP contribution in [0.2, 0.25) is 0 Å². The van der Waals surface area contributed by atoms with Gasteiger partial charge in [-0.1, -0.05) is 297 Å². The summed E-state index contributed by atoms with van der Waals surface area (Å²) in [6.07, 6.45) is 5.84. The Balaban J connectivity index is 0.000000142. The molecular weight excluding hydrogens is 1530 g/mol. The third kappa shape index (κ3) is 12.7. The van der Waals surface area contributed by atoms with Gasteiger partial charge in [0.25, 0.3) is 0 Å². The molecule has 0 bridgehead atoms. The van der Waals surface area contributed by atoms with E-state index in [0.717, 1.165) is 155 Å². The second-order valence-electron chi connectivity index (χ2n) is 32.1. The van der Waals surface area contributed by atoms with Crippen molar-refractivity contribution < 1.29 is 0 Å². The summed E-state index contributed by atoms with van der Waals surface area (Å²) < 4.78 is 9.39. The van der Waals surface area contributed by atoms with Crippen LogP contribution in [0.4, 0.5) is 0 Å². The number of rotatable bonds is 13. The van der Waals surface area contributed by atoms with Crippen LogP contribution in [0.3, 0.4) is 0 Å². The Kier molecular flexibility index (Phi) is 17.7. The van der Waals surface area contributed by atoms with Gasteiger partial charge in [-0.2, -0.15) is 0 Å². The Morgan fingerprint density at radius 2 is 0.627 bits per heavy atom. The number of pyridine rings is 2. The summed E-state index contributed by atoms with van der Waals surface area (Å²) in [4.78, 5) is 30.6. The number of hydrogen-bond acceptors (Lipinski definition) is 6. The first-order chi connectivity index (χ1) is 62.5. The molecule has 0 saturated carbocycles. The molecule has 25 rings (SSSR count). The van der Waals surface area contributed by atoms with Crippen LogP contribution in [0.25, 0.3) is 233 Å². The zero-order valence-electron chi connectivity index (χ0n) is 68.2. The first-order valence-electron chi connectivity index (χ1n) is 42.6. The number of para-hydroxylation sites is 5. The van der Waals surface area contributed by atoms with Crippen LogP contribution >= 0.6 is 0 Å². The summed E-state index contributed by atoms with van der Waals surface area (Å²) in [5.41, 5.74) is 30.4. The van der Waals surface area contributed by atoms with E-state index in [4.69, 9.17) is 24.9 Å². The molecule has 17 aromatic carbocycles.